The fraction of sp³-hybridized carbons (Fsp3) is 0.429. The molecule has 1 aliphatic heterocycles. The maximum absolute atomic E-state index is 9.98. The molecule has 0 bridgehead atoms. The van der Waals surface area contributed by atoms with E-state index in [0.29, 0.717) is 16.2 Å². The number of fused-ring (bicyclic) bond motifs is 1. The van der Waals surface area contributed by atoms with Crippen molar-refractivity contribution in [3.8, 4) is 5.75 Å². The quantitative estimate of drug-likeness (QED) is 0.541. The van der Waals surface area contributed by atoms with Gasteiger partial charge in [0.25, 0.3) is 0 Å². The van der Waals surface area contributed by atoms with Crippen LogP contribution in [0.1, 0.15) is 0 Å². The lowest BCUT2D eigenvalue weighted by atomic mass is 9.99. The summed E-state index contributed by atoms with van der Waals surface area (Å²) in [6.45, 7) is -0.514. The third-order valence-corrected chi connectivity index (χ3v) is 4.03. The monoisotopic (exact) mass is 329 g/mol. The standard InChI is InChI=1S/C14H16ClNO6/c15-6-2-1-3-7-10(6)8(4-16-7)21-14-13(20)12(19)11(18)9(5-17)22-14/h1-4,9,11-14,16-20H,5H2/t9-,11+,12+,13-,14-/m1/s1. The van der Waals surface area contributed by atoms with Gasteiger partial charge in [0.05, 0.1) is 22.5 Å². The van der Waals surface area contributed by atoms with Crippen molar-refractivity contribution in [3.05, 3.63) is 29.4 Å². The molecule has 1 aromatic carbocycles. The average molecular weight is 330 g/mol. The molecule has 0 spiro atoms. The SMILES string of the molecule is OC[C@H]1O[C@@H](Oc2c[nH]c3cccc(Cl)c23)[C@H](O)[C@@H](O)[C@H]1O. The number of ether oxygens (including phenoxy) is 2. The Labute approximate surface area is 130 Å². The summed E-state index contributed by atoms with van der Waals surface area (Å²) in [5, 5.41) is 39.7. The van der Waals surface area contributed by atoms with E-state index in [2.05, 4.69) is 4.98 Å². The molecule has 120 valence electrons. The van der Waals surface area contributed by atoms with Crippen molar-refractivity contribution in [1.29, 1.82) is 0 Å². The first kappa shape index (κ1) is 15.5. The zero-order valence-electron chi connectivity index (χ0n) is 11.4. The van der Waals surface area contributed by atoms with E-state index in [0.717, 1.165) is 5.52 Å². The first-order chi connectivity index (χ1) is 10.5. The Hall–Kier alpha value is -1.35. The molecule has 8 heteroatoms. The molecule has 0 radical (unpaired) electrons. The highest BCUT2D eigenvalue weighted by molar-refractivity contribution is 6.36. The summed E-state index contributed by atoms with van der Waals surface area (Å²) in [7, 11) is 0. The van der Waals surface area contributed by atoms with Crippen LogP contribution >= 0.6 is 11.6 Å². The fourth-order valence-electron chi connectivity index (χ4n) is 2.49. The Balaban J connectivity index is 1.88. The van der Waals surface area contributed by atoms with E-state index in [9.17, 15) is 15.3 Å². The van der Waals surface area contributed by atoms with Crippen LogP contribution in [0.3, 0.4) is 0 Å². The molecular formula is C14H16ClNO6. The van der Waals surface area contributed by atoms with Crippen molar-refractivity contribution in [3.63, 3.8) is 0 Å². The molecule has 2 heterocycles. The number of aromatic nitrogens is 1. The first-order valence-electron chi connectivity index (χ1n) is 6.75. The molecule has 0 saturated carbocycles. The van der Waals surface area contributed by atoms with Crippen LogP contribution in [-0.4, -0.2) is 62.7 Å². The fourth-order valence-corrected chi connectivity index (χ4v) is 2.76. The normalized spacial score (nSPS) is 32.3. The van der Waals surface area contributed by atoms with Crippen LogP contribution in [0.4, 0.5) is 0 Å². The number of halogens is 1. The second-order valence-corrected chi connectivity index (χ2v) is 5.54. The minimum absolute atomic E-state index is 0.338. The van der Waals surface area contributed by atoms with Gasteiger partial charge in [-0.3, -0.25) is 0 Å². The van der Waals surface area contributed by atoms with Gasteiger partial charge in [-0.05, 0) is 12.1 Å². The van der Waals surface area contributed by atoms with Crippen LogP contribution in [0.25, 0.3) is 10.9 Å². The minimum Gasteiger partial charge on any atom is -0.460 e. The third kappa shape index (κ3) is 2.56. The number of rotatable bonds is 3. The van der Waals surface area contributed by atoms with Crippen molar-refractivity contribution in [2.24, 2.45) is 0 Å². The number of nitrogens with one attached hydrogen (secondary N) is 1. The summed E-state index contributed by atoms with van der Waals surface area (Å²) >= 11 is 6.13. The van der Waals surface area contributed by atoms with Gasteiger partial charge in [-0.25, -0.2) is 0 Å². The van der Waals surface area contributed by atoms with Crippen LogP contribution in [0.2, 0.25) is 5.02 Å². The van der Waals surface area contributed by atoms with Gasteiger partial charge in [0, 0.05) is 6.20 Å². The van der Waals surface area contributed by atoms with Crippen molar-refractivity contribution < 1.29 is 29.9 Å². The van der Waals surface area contributed by atoms with Gasteiger partial charge in [-0.1, -0.05) is 17.7 Å². The highest BCUT2D eigenvalue weighted by atomic mass is 35.5. The van der Waals surface area contributed by atoms with Crippen LogP contribution in [-0.2, 0) is 4.74 Å². The predicted octanol–water partition coefficient (Wildman–Crippen LogP) is -0.000000000000000278. The second kappa shape index (κ2) is 6.04. The Bertz CT molecular complexity index is 660. The number of aliphatic hydroxyl groups excluding tert-OH is 4. The third-order valence-electron chi connectivity index (χ3n) is 3.71. The largest absolute Gasteiger partial charge is 0.460 e. The van der Waals surface area contributed by atoms with Gasteiger partial charge in [0.15, 0.2) is 0 Å². The molecular weight excluding hydrogens is 314 g/mol. The van der Waals surface area contributed by atoms with Gasteiger partial charge in [-0.15, -0.1) is 0 Å². The topological polar surface area (TPSA) is 115 Å². The molecule has 1 aromatic heterocycles. The Morgan fingerprint density at radius 2 is 1.95 bits per heavy atom. The maximum Gasteiger partial charge on any atom is 0.229 e. The summed E-state index contributed by atoms with van der Waals surface area (Å²) in [4.78, 5) is 2.97. The van der Waals surface area contributed by atoms with E-state index in [-0.39, 0.29) is 0 Å². The molecule has 0 unspecified atom stereocenters. The van der Waals surface area contributed by atoms with Crippen LogP contribution < -0.4 is 4.74 Å². The van der Waals surface area contributed by atoms with Crippen LogP contribution in [0, 0.1) is 0 Å². The van der Waals surface area contributed by atoms with E-state index in [1.165, 1.54) is 0 Å². The maximum atomic E-state index is 9.98. The van der Waals surface area contributed by atoms with Crippen molar-refractivity contribution in [1.82, 2.24) is 4.98 Å². The number of H-pyrrole nitrogens is 1. The molecule has 22 heavy (non-hydrogen) atoms. The Morgan fingerprint density at radius 3 is 2.68 bits per heavy atom. The average Bonchev–Trinajstić information content (AvgIpc) is 2.92. The summed E-state index contributed by atoms with van der Waals surface area (Å²) in [5.74, 6) is 0.338. The smallest absolute Gasteiger partial charge is 0.229 e. The first-order valence-corrected chi connectivity index (χ1v) is 7.13. The number of hydrogen-bond donors (Lipinski definition) is 5. The van der Waals surface area contributed by atoms with Crippen LogP contribution in [0.15, 0.2) is 24.4 Å². The lowest BCUT2D eigenvalue weighted by molar-refractivity contribution is -0.277. The van der Waals surface area contributed by atoms with Crippen molar-refractivity contribution in [2.45, 2.75) is 30.7 Å². The molecule has 1 saturated heterocycles. The number of benzene rings is 1. The number of aliphatic hydroxyl groups is 4. The van der Waals surface area contributed by atoms with Gasteiger partial charge < -0.3 is 34.9 Å². The second-order valence-electron chi connectivity index (χ2n) is 5.13. The van der Waals surface area contributed by atoms with E-state index in [4.69, 9.17) is 26.2 Å². The molecule has 1 aliphatic rings. The van der Waals surface area contributed by atoms with Crippen molar-refractivity contribution in [2.75, 3.05) is 6.61 Å². The van der Waals surface area contributed by atoms with E-state index in [1.807, 2.05) is 0 Å². The van der Waals surface area contributed by atoms with E-state index < -0.39 is 37.3 Å². The zero-order valence-corrected chi connectivity index (χ0v) is 12.1. The lowest BCUT2D eigenvalue weighted by Gasteiger charge is -2.39. The number of aromatic amines is 1. The molecule has 7 nitrogen and oxygen atoms in total. The summed E-state index contributed by atoms with van der Waals surface area (Å²) in [6, 6.07) is 5.28. The summed E-state index contributed by atoms with van der Waals surface area (Å²) < 4.78 is 10.9. The van der Waals surface area contributed by atoms with Crippen molar-refractivity contribution >= 4 is 22.5 Å². The summed E-state index contributed by atoms with van der Waals surface area (Å²) in [5.41, 5.74) is 0.743. The van der Waals surface area contributed by atoms with E-state index >= 15 is 0 Å². The highest BCUT2D eigenvalue weighted by Crippen LogP contribution is 2.34. The van der Waals surface area contributed by atoms with Gasteiger partial charge in [-0.2, -0.15) is 0 Å². The molecule has 1 fully saturated rings. The molecule has 0 amide bonds. The lowest BCUT2D eigenvalue weighted by Crippen LogP contribution is -2.60. The van der Waals surface area contributed by atoms with Crippen LogP contribution in [0.5, 0.6) is 5.75 Å². The Kier molecular flexibility index (Phi) is 4.26. The van der Waals surface area contributed by atoms with Gasteiger partial charge in [0.1, 0.15) is 30.2 Å². The molecule has 0 aliphatic carbocycles. The minimum atomic E-state index is -1.49. The molecule has 5 N–H and O–H groups in total. The summed E-state index contributed by atoms with van der Waals surface area (Å²) in [6.07, 6.45) is -5.10. The van der Waals surface area contributed by atoms with Gasteiger partial charge >= 0.3 is 0 Å². The predicted molar refractivity (Wildman–Crippen MR) is 77.7 cm³/mol. The Morgan fingerprint density at radius 1 is 1.18 bits per heavy atom. The van der Waals surface area contributed by atoms with E-state index in [1.54, 1.807) is 24.4 Å². The highest BCUT2D eigenvalue weighted by Gasteiger charge is 2.44. The zero-order chi connectivity index (χ0) is 15.9. The molecule has 5 atom stereocenters. The molecule has 2 aromatic rings. The number of hydrogen-bond acceptors (Lipinski definition) is 6. The molecule has 3 rings (SSSR count). The van der Waals surface area contributed by atoms with Gasteiger partial charge in [0.2, 0.25) is 6.29 Å².